The average molecular weight is 448 g/mol. The van der Waals surface area contributed by atoms with Gasteiger partial charge in [0.15, 0.2) is 10.9 Å². The number of amides is 1. The van der Waals surface area contributed by atoms with Gasteiger partial charge in [-0.15, -0.1) is 5.10 Å². The van der Waals surface area contributed by atoms with Crippen LogP contribution < -0.4 is 14.2 Å². The third-order valence-electron chi connectivity index (χ3n) is 4.01. The Labute approximate surface area is 179 Å². The summed E-state index contributed by atoms with van der Waals surface area (Å²) < 4.78 is 35.3. The van der Waals surface area contributed by atoms with Crippen LogP contribution in [0.5, 0.6) is 11.5 Å². The van der Waals surface area contributed by atoms with Crippen LogP contribution in [-0.2, 0) is 14.9 Å². The van der Waals surface area contributed by atoms with Gasteiger partial charge in [-0.1, -0.05) is 23.9 Å². The first-order chi connectivity index (χ1) is 14.2. The molecule has 0 spiro atoms. The SMILES string of the molecule is CCOc1ccc(S(=O)(=O)Oc2ccccc2C=N/N=C2/NC(=O)C(C)(C)S2)cc1. The van der Waals surface area contributed by atoms with Crippen LogP contribution in [0.4, 0.5) is 0 Å². The Kier molecular flexibility index (Phi) is 6.47. The molecule has 0 aromatic heterocycles. The highest BCUT2D eigenvalue weighted by Crippen LogP contribution is 2.30. The fourth-order valence-corrected chi connectivity index (χ4v) is 4.26. The van der Waals surface area contributed by atoms with Crippen molar-refractivity contribution >= 4 is 39.2 Å². The average Bonchev–Trinajstić information content (AvgIpc) is 2.95. The maximum Gasteiger partial charge on any atom is 0.339 e. The van der Waals surface area contributed by atoms with Crippen molar-refractivity contribution in [2.75, 3.05) is 6.61 Å². The van der Waals surface area contributed by atoms with Crippen molar-refractivity contribution in [1.29, 1.82) is 0 Å². The van der Waals surface area contributed by atoms with Gasteiger partial charge in [-0.2, -0.15) is 13.5 Å². The van der Waals surface area contributed by atoms with E-state index in [0.29, 0.717) is 23.1 Å². The van der Waals surface area contributed by atoms with Gasteiger partial charge in [0.1, 0.15) is 10.6 Å². The molecule has 158 valence electrons. The molecule has 0 atom stereocenters. The zero-order valence-electron chi connectivity index (χ0n) is 16.7. The molecule has 1 heterocycles. The number of hydrogen-bond acceptors (Lipinski definition) is 8. The third kappa shape index (κ3) is 5.19. The molecule has 0 unspecified atom stereocenters. The zero-order valence-corrected chi connectivity index (χ0v) is 18.3. The molecule has 1 fully saturated rings. The maximum atomic E-state index is 12.6. The smallest absolute Gasteiger partial charge is 0.339 e. The predicted octanol–water partition coefficient (Wildman–Crippen LogP) is 3.18. The molecule has 1 N–H and O–H groups in total. The Balaban J connectivity index is 1.77. The standard InChI is InChI=1S/C20H21N3O5S2/c1-4-27-15-9-11-16(12-10-15)30(25,26)28-17-8-6-5-7-14(17)13-21-23-19-22-18(24)20(2,3)29-19/h5-13H,4H2,1-3H3,(H,22,23,24). The van der Waals surface area contributed by atoms with Crippen LogP contribution in [0.25, 0.3) is 0 Å². The molecule has 3 rings (SSSR count). The monoisotopic (exact) mass is 447 g/mol. The van der Waals surface area contributed by atoms with Gasteiger partial charge in [0, 0.05) is 5.56 Å². The van der Waals surface area contributed by atoms with E-state index in [0.717, 1.165) is 0 Å². The fourth-order valence-electron chi connectivity index (χ4n) is 2.45. The van der Waals surface area contributed by atoms with E-state index in [2.05, 4.69) is 15.5 Å². The van der Waals surface area contributed by atoms with E-state index < -0.39 is 14.9 Å². The van der Waals surface area contributed by atoms with Crippen molar-refractivity contribution in [2.45, 2.75) is 30.4 Å². The summed E-state index contributed by atoms with van der Waals surface area (Å²) in [6.45, 7) is 5.90. The molecule has 0 bridgehead atoms. The first kappa shape index (κ1) is 21.8. The normalized spacial score (nSPS) is 17.3. The van der Waals surface area contributed by atoms with Crippen LogP contribution in [0.3, 0.4) is 0 Å². The lowest BCUT2D eigenvalue weighted by Crippen LogP contribution is -2.30. The van der Waals surface area contributed by atoms with Gasteiger partial charge in [0.05, 0.1) is 17.6 Å². The molecule has 0 radical (unpaired) electrons. The lowest BCUT2D eigenvalue weighted by molar-refractivity contribution is -0.120. The van der Waals surface area contributed by atoms with Gasteiger partial charge in [-0.05, 0) is 57.2 Å². The first-order valence-corrected chi connectivity index (χ1v) is 11.3. The Morgan fingerprint density at radius 3 is 2.47 bits per heavy atom. The van der Waals surface area contributed by atoms with E-state index >= 15 is 0 Å². The summed E-state index contributed by atoms with van der Waals surface area (Å²) in [7, 11) is -4.05. The molecule has 1 aliphatic heterocycles. The van der Waals surface area contributed by atoms with Gasteiger partial charge in [0.2, 0.25) is 5.91 Å². The Bertz CT molecular complexity index is 1090. The van der Waals surface area contributed by atoms with E-state index in [1.807, 2.05) is 6.92 Å². The van der Waals surface area contributed by atoms with Gasteiger partial charge in [0.25, 0.3) is 0 Å². The quantitative estimate of drug-likeness (QED) is 0.397. The highest BCUT2D eigenvalue weighted by atomic mass is 32.2. The summed E-state index contributed by atoms with van der Waals surface area (Å²) in [5, 5.41) is 11.0. The molecule has 1 saturated heterocycles. The molecule has 10 heteroatoms. The number of carbonyl (C=O) groups excluding carboxylic acids is 1. The number of hydrogen-bond donors (Lipinski definition) is 1. The largest absolute Gasteiger partial charge is 0.494 e. The second-order valence-corrected chi connectivity index (χ2v) is 9.85. The van der Waals surface area contributed by atoms with Crippen LogP contribution in [0.15, 0.2) is 63.6 Å². The van der Waals surface area contributed by atoms with E-state index in [4.69, 9.17) is 8.92 Å². The van der Waals surface area contributed by atoms with Gasteiger partial charge < -0.3 is 14.2 Å². The minimum Gasteiger partial charge on any atom is -0.494 e. The maximum absolute atomic E-state index is 12.6. The van der Waals surface area contributed by atoms with Crippen LogP contribution in [0.1, 0.15) is 26.3 Å². The number of ether oxygens (including phenoxy) is 1. The Hall–Kier alpha value is -2.85. The van der Waals surface area contributed by atoms with Crippen LogP contribution in [0, 0.1) is 0 Å². The first-order valence-electron chi connectivity index (χ1n) is 9.09. The van der Waals surface area contributed by atoms with E-state index in [1.54, 1.807) is 44.2 Å². The van der Waals surface area contributed by atoms with E-state index in [1.165, 1.54) is 36.2 Å². The second-order valence-electron chi connectivity index (χ2n) is 6.70. The molecule has 2 aromatic carbocycles. The minimum absolute atomic E-state index is 0.00485. The van der Waals surface area contributed by atoms with Crippen LogP contribution in [0.2, 0.25) is 0 Å². The molecule has 1 aliphatic rings. The number of carbonyl (C=O) groups is 1. The number of nitrogens with zero attached hydrogens (tertiary/aromatic N) is 2. The molecule has 0 saturated carbocycles. The number of rotatable bonds is 7. The van der Waals surface area contributed by atoms with E-state index in [9.17, 15) is 13.2 Å². The number of thioether (sulfide) groups is 1. The van der Waals surface area contributed by atoms with Crippen LogP contribution >= 0.6 is 11.8 Å². The van der Waals surface area contributed by atoms with Crippen molar-refractivity contribution in [1.82, 2.24) is 5.32 Å². The predicted molar refractivity (Wildman–Crippen MR) is 117 cm³/mol. The van der Waals surface area contributed by atoms with Crippen molar-refractivity contribution in [3.63, 3.8) is 0 Å². The Morgan fingerprint density at radius 2 is 1.83 bits per heavy atom. The van der Waals surface area contributed by atoms with Crippen LogP contribution in [-0.4, -0.2) is 37.1 Å². The second kappa shape index (κ2) is 8.88. The van der Waals surface area contributed by atoms with Crippen molar-refractivity contribution in [3.05, 3.63) is 54.1 Å². The van der Waals surface area contributed by atoms with Gasteiger partial charge >= 0.3 is 10.1 Å². The highest BCUT2D eigenvalue weighted by molar-refractivity contribution is 8.16. The molecule has 1 amide bonds. The number of nitrogens with one attached hydrogen (secondary N) is 1. The minimum atomic E-state index is -4.05. The van der Waals surface area contributed by atoms with Gasteiger partial charge in [-0.3, -0.25) is 4.79 Å². The number of amidine groups is 1. The summed E-state index contributed by atoms with van der Waals surface area (Å²) >= 11 is 1.27. The summed E-state index contributed by atoms with van der Waals surface area (Å²) in [5.41, 5.74) is 0.421. The lowest BCUT2D eigenvalue weighted by atomic mass is 10.2. The highest BCUT2D eigenvalue weighted by Gasteiger charge is 2.38. The third-order valence-corrected chi connectivity index (χ3v) is 6.33. The molecule has 30 heavy (non-hydrogen) atoms. The summed E-state index contributed by atoms with van der Waals surface area (Å²) in [4.78, 5) is 11.8. The summed E-state index contributed by atoms with van der Waals surface area (Å²) in [5.74, 6) is 0.536. The van der Waals surface area contributed by atoms with Crippen molar-refractivity contribution < 1.29 is 22.1 Å². The van der Waals surface area contributed by atoms with Crippen molar-refractivity contribution in [3.8, 4) is 11.5 Å². The molecule has 8 nitrogen and oxygen atoms in total. The Morgan fingerprint density at radius 1 is 1.13 bits per heavy atom. The summed E-state index contributed by atoms with van der Waals surface area (Å²) in [6.07, 6.45) is 1.37. The van der Waals surface area contributed by atoms with Crippen molar-refractivity contribution in [2.24, 2.45) is 10.2 Å². The number of benzene rings is 2. The summed E-state index contributed by atoms with van der Waals surface area (Å²) in [6, 6.07) is 12.5. The van der Waals surface area contributed by atoms with E-state index in [-0.39, 0.29) is 16.6 Å². The molecular weight excluding hydrogens is 426 g/mol. The number of para-hydroxylation sites is 1. The molecule has 2 aromatic rings. The zero-order chi connectivity index (χ0) is 21.8. The fraction of sp³-hybridized carbons (Fsp3) is 0.250. The topological polar surface area (TPSA) is 106 Å². The molecule has 0 aliphatic carbocycles. The molecular formula is C20H21N3O5S2. The van der Waals surface area contributed by atoms with Gasteiger partial charge in [-0.25, -0.2) is 0 Å². The lowest BCUT2D eigenvalue weighted by Gasteiger charge is -2.10.